The van der Waals surface area contributed by atoms with E-state index in [1.807, 2.05) is 30.3 Å². The summed E-state index contributed by atoms with van der Waals surface area (Å²) in [7, 11) is -3.56. The summed E-state index contributed by atoms with van der Waals surface area (Å²) in [5.74, 6) is -0.158. The molecule has 1 fully saturated rings. The number of hydrazone groups is 1. The van der Waals surface area contributed by atoms with E-state index >= 15 is 0 Å². The first-order valence-corrected chi connectivity index (χ1v) is 12.2. The minimum Gasteiger partial charge on any atom is -0.379 e. The number of hydrogen-bond donors (Lipinski definition) is 2. The average molecular weight is 481 g/mol. The molecule has 8 nitrogen and oxygen atoms in total. The fourth-order valence-electron chi connectivity index (χ4n) is 4.00. The highest BCUT2D eigenvalue weighted by Crippen LogP contribution is 2.30. The highest BCUT2D eigenvalue weighted by atomic mass is 32.2. The first-order chi connectivity index (χ1) is 15.9. The minimum atomic E-state index is -3.56. The second kappa shape index (κ2) is 8.64. The molecule has 1 saturated heterocycles. The van der Waals surface area contributed by atoms with Crippen LogP contribution in [0.15, 0.2) is 70.7 Å². The van der Waals surface area contributed by atoms with Gasteiger partial charge >= 0.3 is 0 Å². The molecular weight excluding hydrogens is 460 g/mol. The molecule has 0 unspecified atom stereocenters. The van der Waals surface area contributed by atoms with Gasteiger partial charge in [-0.25, -0.2) is 8.42 Å². The predicted molar refractivity (Wildman–Crippen MR) is 130 cm³/mol. The van der Waals surface area contributed by atoms with Gasteiger partial charge in [0.15, 0.2) is 5.11 Å². The zero-order valence-electron chi connectivity index (χ0n) is 17.4. The molecule has 168 valence electrons. The summed E-state index contributed by atoms with van der Waals surface area (Å²) >= 11 is 5.30. The van der Waals surface area contributed by atoms with Crippen molar-refractivity contribution in [2.24, 2.45) is 5.10 Å². The number of carbonyl (C=O) groups is 1. The van der Waals surface area contributed by atoms with Gasteiger partial charge in [0.05, 0.1) is 18.1 Å². The van der Waals surface area contributed by atoms with Crippen molar-refractivity contribution in [1.82, 2.24) is 9.73 Å². The Hall–Kier alpha value is -3.18. The maximum Gasteiger partial charge on any atom is 0.243 e. The molecule has 0 atom stereocenters. The largest absolute Gasteiger partial charge is 0.379 e. The fourth-order valence-corrected chi connectivity index (χ4v) is 5.57. The number of rotatable bonds is 4. The van der Waals surface area contributed by atoms with E-state index in [0.717, 1.165) is 16.3 Å². The topological polar surface area (TPSA) is 100 Å². The molecule has 2 aliphatic rings. The summed E-state index contributed by atoms with van der Waals surface area (Å²) in [5, 5.41) is 9.27. The van der Waals surface area contributed by atoms with Gasteiger partial charge in [0, 0.05) is 35.3 Å². The van der Waals surface area contributed by atoms with E-state index in [9.17, 15) is 13.2 Å². The molecule has 5 rings (SSSR count). The molecule has 2 N–H and O–H groups in total. The number of nitrogens with zero attached hydrogens (tertiary/aromatic N) is 2. The third-order valence-corrected chi connectivity index (χ3v) is 7.72. The van der Waals surface area contributed by atoms with Crippen molar-refractivity contribution in [3.05, 3.63) is 71.8 Å². The number of thiocarbonyl (C=S) groups is 1. The molecule has 0 saturated carbocycles. The van der Waals surface area contributed by atoms with Gasteiger partial charge in [-0.2, -0.15) is 9.41 Å². The number of hydrogen-bond acceptors (Lipinski definition) is 6. The Morgan fingerprint density at radius 2 is 1.64 bits per heavy atom. The maximum atomic E-state index is 12.8. The number of morpholine rings is 1. The fraction of sp³-hybridized carbons (Fsp3) is 0.174. The smallest absolute Gasteiger partial charge is 0.243 e. The van der Waals surface area contributed by atoms with Crippen LogP contribution in [-0.4, -0.2) is 55.6 Å². The van der Waals surface area contributed by atoms with Gasteiger partial charge in [-0.05, 0) is 41.9 Å². The van der Waals surface area contributed by atoms with Crippen LogP contribution >= 0.6 is 12.2 Å². The first-order valence-electron chi connectivity index (χ1n) is 10.3. The Morgan fingerprint density at radius 1 is 0.970 bits per heavy atom. The standard InChI is InChI=1S/C23H20N4O4S2/c28-22-19-6-2-4-15-3-1-5-18(20(15)19)21(22)25-26-23(32)24-16-7-9-17(10-8-16)33(29,30)27-11-13-31-14-12-27/h1-10H,11-14H2,(H2,24,26,32)/b25-21-. The van der Waals surface area contributed by atoms with Crippen molar-refractivity contribution in [1.29, 1.82) is 0 Å². The van der Waals surface area contributed by atoms with Gasteiger partial charge in [0.25, 0.3) is 0 Å². The summed E-state index contributed by atoms with van der Waals surface area (Å²) in [5.41, 5.74) is 5.01. The third-order valence-electron chi connectivity index (χ3n) is 5.61. The number of benzene rings is 3. The number of Topliss-reactive ketones (excluding diaryl/α,β-unsaturated/α-hetero) is 1. The van der Waals surface area contributed by atoms with Gasteiger partial charge in [-0.1, -0.05) is 36.4 Å². The van der Waals surface area contributed by atoms with Crippen LogP contribution in [0.1, 0.15) is 15.9 Å². The zero-order valence-corrected chi connectivity index (χ0v) is 19.1. The van der Waals surface area contributed by atoms with Gasteiger partial charge in [-0.15, -0.1) is 0 Å². The van der Waals surface area contributed by atoms with Crippen LogP contribution in [0.4, 0.5) is 5.69 Å². The molecule has 1 aliphatic carbocycles. The van der Waals surface area contributed by atoms with Crippen molar-refractivity contribution in [2.45, 2.75) is 4.90 Å². The normalized spacial score (nSPS) is 17.5. The molecule has 10 heteroatoms. The van der Waals surface area contributed by atoms with Gasteiger partial charge in [0.1, 0.15) is 5.71 Å². The number of carbonyl (C=O) groups excluding carboxylic acids is 1. The van der Waals surface area contributed by atoms with Crippen LogP contribution in [-0.2, 0) is 14.8 Å². The zero-order chi connectivity index (χ0) is 23.0. The molecule has 0 amide bonds. The Morgan fingerprint density at radius 3 is 2.33 bits per heavy atom. The Kier molecular flexibility index (Phi) is 5.67. The summed E-state index contributed by atoms with van der Waals surface area (Å²) < 4.78 is 32.1. The van der Waals surface area contributed by atoms with Crippen molar-refractivity contribution >= 4 is 55.3 Å². The van der Waals surface area contributed by atoms with E-state index in [-0.39, 0.29) is 15.8 Å². The van der Waals surface area contributed by atoms with E-state index in [1.54, 1.807) is 18.2 Å². The van der Waals surface area contributed by atoms with Crippen LogP contribution < -0.4 is 10.7 Å². The molecule has 33 heavy (non-hydrogen) atoms. The second-order valence-corrected chi connectivity index (χ2v) is 9.95. The molecule has 1 heterocycles. The number of anilines is 1. The molecule has 3 aromatic carbocycles. The number of ketones is 1. The predicted octanol–water partition coefficient (Wildman–Crippen LogP) is 2.75. The van der Waals surface area contributed by atoms with Crippen molar-refractivity contribution < 1.29 is 17.9 Å². The molecule has 3 aromatic rings. The minimum absolute atomic E-state index is 0.158. The Balaban J connectivity index is 1.28. The van der Waals surface area contributed by atoms with E-state index < -0.39 is 10.0 Å². The lowest BCUT2D eigenvalue weighted by Gasteiger charge is -2.26. The van der Waals surface area contributed by atoms with E-state index in [1.165, 1.54) is 16.4 Å². The van der Waals surface area contributed by atoms with Gasteiger partial charge in [0.2, 0.25) is 15.8 Å². The number of nitrogens with one attached hydrogen (secondary N) is 2. The van der Waals surface area contributed by atoms with Crippen LogP contribution in [0, 0.1) is 0 Å². The van der Waals surface area contributed by atoms with E-state index in [2.05, 4.69) is 15.8 Å². The second-order valence-electron chi connectivity index (χ2n) is 7.61. The van der Waals surface area contributed by atoms with Gasteiger partial charge < -0.3 is 10.1 Å². The lowest BCUT2D eigenvalue weighted by Crippen LogP contribution is -2.40. The lowest BCUT2D eigenvalue weighted by atomic mass is 10.1. The van der Waals surface area contributed by atoms with Crippen LogP contribution in [0.2, 0.25) is 0 Å². The monoisotopic (exact) mass is 480 g/mol. The number of sulfonamides is 1. The summed E-state index contributed by atoms with van der Waals surface area (Å²) in [6.45, 7) is 1.47. The molecule has 0 bridgehead atoms. The molecule has 0 aromatic heterocycles. The Bertz CT molecular complexity index is 1390. The molecule has 0 spiro atoms. The number of ether oxygens (including phenoxy) is 1. The SMILES string of the molecule is O=C1/C(=N\NC(=S)Nc2ccc(S(=O)(=O)N3CCOCC3)cc2)c2cccc3cccc1c23. The van der Waals surface area contributed by atoms with Crippen molar-refractivity contribution in [3.8, 4) is 0 Å². The van der Waals surface area contributed by atoms with Crippen LogP contribution in [0.3, 0.4) is 0 Å². The van der Waals surface area contributed by atoms with E-state index in [4.69, 9.17) is 17.0 Å². The molecule has 0 radical (unpaired) electrons. The summed E-state index contributed by atoms with van der Waals surface area (Å²) in [4.78, 5) is 13.0. The Labute approximate surface area is 196 Å². The van der Waals surface area contributed by atoms with Crippen molar-refractivity contribution in [3.63, 3.8) is 0 Å². The summed E-state index contributed by atoms with van der Waals surface area (Å²) in [6, 6.07) is 17.6. The van der Waals surface area contributed by atoms with Crippen molar-refractivity contribution in [2.75, 3.05) is 31.6 Å². The summed E-state index contributed by atoms with van der Waals surface area (Å²) in [6.07, 6.45) is 0. The lowest BCUT2D eigenvalue weighted by molar-refractivity contribution is 0.0730. The van der Waals surface area contributed by atoms with Crippen LogP contribution in [0.5, 0.6) is 0 Å². The van der Waals surface area contributed by atoms with Crippen LogP contribution in [0.25, 0.3) is 10.8 Å². The highest BCUT2D eigenvalue weighted by molar-refractivity contribution is 7.89. The highest BCUT2D eigenvalue weighted by Gasteiger charge is 2.29. The average Bonchev–Trinajstić information content (AvgIpc) is 3.11. The van der Waals surface area contributed by atoms with Gasteiger partial charge in [-0.3, -0.25) is 10.2 Å². The maximum absolute atomic E-state index is 12.8. The first kappa shape index (κ1) is 21.7. The third kappa shape index (κ3) is 4.02. The molecule has 1 aliphatic heterocycles. The molecular formula is C23H20N4O4S2. The quantitative estimate of drug-likeness (QED) is 0.438. The van der Waals surface area contributed by atoms with E-state index in [0.29, 0.717) is 43.3 Å².